The fourth-order valence-corrected chi connectivity index (χ4v) is 3.80. The van der Waals surface area contributed by atoms with Crippen LogP contribution >= 0.6 is 0 Å². The van der Waals surface area contributed by atoms with Crippen molar-refractivity contribution in [3.05, 3.63) is 77.6 Å². The number of benzene rings is 2. The van der Waals surface area contributed by atoms with Crippen LogP contribution in [0, 0.1) is 6.92 Å². The van der Waals surface area contributed by atoms with Crippen LogP contribution < -0.4 is 4.90 Å². The van der Waals surface area contributed by atoms with E-state index in [2.05, 4.69) is 53.0 Å². The molecule has 0 N–H and O–H groups in total. The SMILES string of the molecule is Cc1nc(-c2ccccc2)cc(N2CCN(C(=O)c3ccc(C(C)C)cc3)CC2)n1. The minimum Gasteiger partial charge on any atom is -0.353 e. The van der Waals surface area contributed by atoms with Crippen LogP contribution in [-0.4, -0.2) is 47.0 Å². The van der Waals surface area contributed by atoms with Crippen LogP contribution in [0.4, 0.5) is 5.82 Å². The molecule has 0 aliphatic carbocycles. The molecule has 1 saturated heterocycles. The second-order valence-electron chi connectivity index (χ2n) is 8.08. The summed E-state index contributed by atoms with van der Waals surface area (Å²) in [6, 6.07) is 20.2. The Morgan fingerprint density at radius 2 is 1.57 bits per heavy atom. The van der Waals surface area contributed by atoms with Crippen LogP contribution in [0.2, 0.25) is 0 Å². The zero-order valence-electron chi connectivity index (χ0n) is 17.9. The Morgan fingerprint density at radius 3 is 2.20 bits per heavy atom. The summed E-state index contributed by atoms with van der Waals surface area (Å²) in [5.74, 6) is 2.26. The molecule has 154 valence electrons. The molecule has 1 aliphatic rings. The number of aryl methyl sites for hydroxylation is 1. The van der Waals surface area contributed by atoms with E-state index in [9.17, 15) is 4.79 Å². The predicted molar refractivity (Wildman–Crippen MR) is 121 cm³/mol. The highest BCUT2D eigenvalue weighted by Crippen LogP contribution is 2.23. The molecule has 5 nitrogen and oxygen atoms in total. The summed E-state index contributed by atoms with van der Waals surface area (Å²) >= 11 is 0. The Balaban J connectivity index is 1.44. The van der Waals surface area contributed by atoms with Gasteiger partial charge in [-0.15, -0.1) is 0 Å². The van der Waals surface area contributed by atoms with Gasteiger partial charge in [0.05, 0.1) is 5.69 Å². The summed E-state index contributed by atoms with van der Waals surface area (Å²) in [6.45, 7) is 9.16. The van der Waals surface area contributed by atoms with Gasteiger partial charge in [0.1, 0.15) is 11.6 Å². The summed E-state index contributed by atoms with van der Waals surface area (Å²) in [5.41, 5.74) is 4.03. The van der Waals surface area contributed by atoms with Crippen LogP contribution in [0.15, 0.2) is 60.7 Å². The monoisotopic (exact) mass is 400 g/mol. The van der Waals surface area contributed by atoms with Gasteiger partial charge in [0.15, 0.2) is 0 Å². The molecule has 3 aromatic rings. The third-order valence-electron chi connectivity index (χ3n) is 5.61. The van der Waals surface area contributed by atoms with Gasteiger partial charge >= 0.3 is 0 Å². The van der Waals surface area contributed by atoms with Crippen molar-refractivity contribution in [2.75, 3.05) is 31.1 Å². The van der Waals surface area contributed by atoms with Gasteiger partial charge in [-0.3, -0.25) is 4.79 Å². The Hall–Kier alpha value is -3.21. The van der Waals surface area contributed by atoms with Crippen LogP contribution in [0.1, 0.15) is 41.5 Å². The molecule has 2 aromatic carbocycles. The molecule has 0 atom stereocenters. The molecule has 2 heterocycles. The van der Waals surface area contributed by atoms with E-state index in [0.29, 0.717) is 19.0 Å². The fraction of sp³-hybridized carbons (Fsp3) is 0.320. The van der Waals surface area contributed by atoms with E-state index < -0.39 is 0 Å². The van der Waals surface area contributed by atoms with Crippen molar-refractivity contribution in [2.24, 2.45) is 0 Å². The lowest BCUT2D eigenvalue weighted by atomic mass is 10.0. The zero-order chi connectivity index (χ0) is 21.1. The number of carbonyl (C=O) groups excluding carboxylic acids is 1. The van der Waals surface area contributed by atoms with Gasteiger partial charge in [-0.25, -0.2) is 9.97 Å². The molecule has 30 heavy (non-hydrogen) atoms. The van der Waals surface area contributed by atoms with Crippen molar-refractivity contribution >= 4 is 11.7 Å². The highest BCUT2D eigenvalue weighted by Gasteiger charge is 2.23. The number of hydrogen-bond donors (Lipinski definition) is 0. The van der Waals surface area contributed by atoms with Gasteiger partial charge in [0.25, 0.3) is 5.91 Å². The Morgan fingerprint density at radius 1 is 0.900 bits per heavy atom. The smallest absolute Gasteiger partial charge is 0.253 e. The standard InChI is InChI=1S/C25H28N4O/c1-18(2)20-9-11-22(12-10-20)25(30)29-15-13-28(14-16-29)24-17-23(26-19(3)27-24)21-7-5-4-6-8-21/h4-12,17-18H,13-16H2,1-3H3. The van der Waals surface area contributed by atoms with Crippen LogP contribution in [0.5, 0.6) is 0 Å². The summed E-state index contributed by atoms with van der Waals surface area (Å²) in [7, 11) is 0. The van der Waals surface area contributed by atoms with E-state index >= 15 is 0 Å². The van der Waals surface area contributed by atoms with Crippen molar-refractivity contribution in [2.45, 2.75) is 26.7 Å². The molecule has 5 heteroatoms. The summed E-state index contributed by atoms with van der Waals surface area (Å²) < 4.78 is 0. The molecule has 4 rings (SSSR count). The number of piperazine rings is 1. The average molecular weight is 401 g/mol. The minimum absolute atomic E-state index is 0.105. The van der Waals surface area contributed by atoms with Crippen LogP contribution in [-0.2, 0) is 0 Å². The second-order valence-corrected chi connectivity index (χ2v) is 8.08. The van der Waals surface area contributed by atoms with Crippen molar-refractivity contribution in [1.82, 2.24) is 14.9 Å². The van der Waals surface area contributed by atoms with Gasteiger partial charge < -0.3 is 9.80 Å². The second kappa shape index (κ2) is 8.66. The highest BCUT2D eigenvalue weighted by molar-refractivity contribution is 5.94. The van der Waals surface area contributed by atoms with Crippen molar-refractivity contribution in [3.8, 4) is 11.3 Å². The normalized spacial score (nSPS) is 14.3. The zero-order valence-corrected chi connectivity index (χ0v) is 17.9. The fourth-order valence-electron chi connectivity index (χ4n) is 3.80. The first-order valence-electron chi connectivity index (χ1n) is 10.6. The van der Waals surface area contributed by atoms with E-state index in [4.69, 9.17) is 0 Å². The van der Waals surface area contributed by atoms with Gasteiger partial charge in [0, 0.05) is 43.4 Å². The number of aromatic nitrogens is 2. The van der Waals surface area contributed by atoms with Gasteiger partial charge in [0.2, 0.25) is 0 Å². The van der Waals surface area contributed by atoms with E-state index in [-0.39, 0.29) is 5.91 Å². The lowest BCUT2D eigenvalue weighted by Gasteiger charge is -2.35. The van der Waals surface area contributed by atoms with Crippen LogP contribution in [0.25, 0.3) is 11.3 Å². The van der Waals surface area contributed by atoms with E-state index in [1.165, 1.54) is 5.56 Å². The van der Waals surface area contributed by atoms with Crippen molar-refractivity contribution in [1.29, 1.82) is 0 Å². The average Bonchev–Trinajstić information content (AvgIpc) is 2.79. The lowest BCUT2D eigenvalue weighted by molar-refractivity contribution is 0.0746. The first kappa shape index (κ1) is 20.1. The summed E-state index contributed by atoms with van der Waals surface area (Å²) in [5, 5.41) is 0. The van der Waals surface area contributed by atoms with E-state index in [1.807, 2.05) is 48.2 Å². The number of amides is 1. The van der Waals surface area contributed by atoms with Gasteiger partial charge in [-0.1, -0.05) is 56.3 Å². The van der Waals surface area contributed by atoms with Gasteiger partial charge in [-0.2, -0.15) is 0 Å². The Bertz CT molecular complexity index is 1010. The Labute approximate surface area is 178 Å². The third-order valence-corrected chi connectivity index (χ3v) is 5.61. The first-order valence-corrected chi connectivity index (χ1v) is 10.6. The molecule has 0 radical (unpaired) electrons. The molecular weight excluding hydrogens is 372 g/mol. The molecule has 0 unspecified atom stereocenters. The van der Waals surface area contributed by atoms with Crippen molar-refractivity contribution in [3.63, 3.8) is 0 Å². The molecule has 0 bridgehead atoms. The van der Waals surface area contributed by atoms with E-state index in [1.54, 1.807) is 0 Å². The molecule has 1 fully saturated rings. The molecule has 0 spiro atoms. The quantitative estimate of drug-likeness (QED) is 0.645. The maximum absolute atomic E-state index is 12.9. The first-order chi connectivity index (χ1) is 14.5. The molecule has 1 amide bonds. The number of rotatable bonds is 4. The minimum atomic E-state index is 0.105. The largest absolute Gasteiger partial charge is 0.353 e. The van der Waals surface area contributed by atoms with E-state index in [0.717, 1.165) is 41.6 Å². The number of carbonyl (C=O) groups is 1. The topological polar surface area (TPSA) is 49.3 Å². The third kappa shape index (κ3) is 4.35. The highest BCUT2D eigenvalue weighted by atomic mass is 16.2. The number of hydrogen-bond acceptors (Lipinski definition) is 4. The summed E-state index contributed by atoms with van der Waals surface area (Å²) in [4.78, 5) is 26.3. The lowest BCUT2D eigenvalue weighted by Crippen LogP contribution is -2.49. The summed E-state index contributed by atoms with van der Waals surface area (Å²) in [6.07, 6.45) is 0. The number of anilines is 1. The number of nitrogens with zero attached hydrogens (tertiary/aromatic N) is 4. The molecule has 1 aliphatic heterocycles. The molecule has 1 aromatic heterocycles. The maximum Gasteiger partial charge on any atom is 0.253 e. The molecule has 0 saturated carbocycles. The van der Waals surface area contributed by atoms with Crippen LogP contribution in [0.3, 0.4) is 0 Å². The Kier molecular flexibility index (Phi) is 5.79. The van der Waals surface area contributed by atoms with Crippen molar-refractivity contribution < 1.29 is 4.79 Å². The molecular formula is C25H28N4O. The van der Waals surface area contributed by atoms with Gasteiger partial charge in [-0.05, 0) is 30.5 Å². The maximum atomic E-state index is 12.9. The predicted octanol–water partition coefficient (Wildman–Crippen LogP) is 4.54.